The molecule has 2 aromatic carbocycles. The summed E-state index contributed by atoms with van der Waals surface area (Å²) in [6.07, 6.45) is -0.419. The molecule has 0 unspecified atom stereocenters. The molecule has 0 aliphatic rings. The van der Waals surface area contributed by atoms with Crippen molar-refractivity contribution in [3.63, 3.8) is 0 Å². The standard InChI is InChI=1S/C19H22N4O2/c1-19(2,3)25-18(24)20-12-13-8-10-14(11-9-13)21-17-22-15-6-4-5-7-16(15)23-17/h4-11H,12H2,1-3H3,(H,20,24)(H2,21,22,23). The number of aromatic amines is 1. The van der Waals surface area contributed by atoms with Crippen LogP contribution < -0.4 is 10.6 Å². The first kappa shape index (κ1) is 16.8. The van der Waals surface area contributed by atoms with Crippen molar-refractivity contribution in [2.45, 2.75) is 32.9 Å². The van der Waals surface area contributed by atoms with Crippen molar-refractivity contribution >= 4 is 28.8 Å². The number of benzene rings is 2. The molecule has 0 fully saturated rings. The second-order valence-corrected chi connectivity index (χ2v) is 6.78. The minimum Gasteiger partial charge on any atom is -0.444 e. The molecule has 0 aliphatic heterocycles. The summed E-state index contributed by atoms with van der Waals surface area (Å²) in [6.45, 7) is 5.93. The summed E-state index contributed by atoms with van der Waals surface area (Å²) in [5.41, 5.74) is 3.32. The number of hydrogen-bond donors (Lipinski definition) is 3. The molecule has 25 heavy (non-hydrogen) atoms. The van der Waals surface area contributed by atoms with E-state index in [0.717, 1.165) is 22.3 Å². The van der Waals surface area contributed by atoms with Gasteiger partial charge in [-0.2, -0.15) is 0 Å². The lowest BCUT2D eigenvalue weighted by atomic mass is 10.2. The molecule has 0 aliphatic carbocycles. The van der Waals surface area contributed by atoms with E-state index in [4.69, 9.17) is 4.74 Å². The lowest BCUT2D eigenvalue weighted by molar-refractivity contribution is 0.0523. The second-order valence-electron chi connectivity index (χ2n) is 6.78. The molecule has 1 heterocycles. The van der Waals surface area contributed by atoms with Crippen LogP contribution in [-0.4, -0.2) is 21.7 Å². The normalized spacial score (nSPS) is 11.3. The number of fused-ring (bicyclic) bond motifs is 1. The summed E-state index contributed by atoms with van der Waals surface area (Å²) in [6, 6.07) is 15.7. The van der Waals surface area contributed by atoms with Gasteiger partial charge in [-0.05, 0) is 50.6 Å². The molecular weight excluding hydrogens is 316 g/mol. The first-order valence-electron chi connectivity index (χ1n) is 8.17. The number of ether oxygens (including phenoxy) is 1. The smallest absolute Gasteiger partial charge is 0.407 e. The van der Waals surface area contributed by atoms with E-state index in [1.165, 1.54) is 0 Å². The van der Waals surface area contributed by atoms with Crippen LogP contribution >= 0.6 is 0 Å². The van der Waals surface area contributed by atoms with Gasteiger partial charge in [0.1, 0.15) is 5.60 Å². The van der Waals surface area contributed by atoms with Crippen molar-refractivity contribution in [3.05, 3.63) is 54.1 Å². The van der Waals surface area contributed by atoms with Crippen LogP contribution in [0.15, 0.2) is 48.5 Å². The fourth-order valence-corrected chi connectivity index (χ4v) is 2.34. The molecule has 6 nitrogen and oxygen atoms in total. The van der Waals surface area contributed by atoms with Crippen LogP contribution in [0.5, 0.6) is 0 Å². The topological polar surface area (TPSA) is 79.0 Å². The number of amides is 1. The van der Waals surface area contributed by atoms with Gasteiger partial charge in [0, 0.05) is 12.2 Å². The number of imidazole rings is 1. The highest BCUT2D eigenvalue weighted by molar-refractivity contribution is 5.78. The number of H-pyrrole nitrogens is 1. The van der Waals surface area contributed by atoms with Gasteiger partial charge in [0.05, 0.1) is 11.0 Å². The number of alkyl carbamates (subject to hydrolysis) is 1. The molecule has 0 bridgehead atoms. The largest absolute Gasteiger partial charge is 0.444 e. The first-order valence-corrected chi connectivity index (χ1v) is 8.17. The van der Waals surface area contributed by atoms with Gasteiger partial charge < -0.3 is 20.4 Å². The van der Waals surface area contributed by atoms with Crippen LogP contribution in [0.3, 0.4) is 0 Å². The number of nitrogens with zero attached hydrogens (tertiary/aromatic N) is 1. The first-order chi connectivity index (χ1) is 11.9. The second kappa shape index (κ2) is 6.84. The van der Waals surface area contributed by atoms with Crippen LogP contribution in [-0.2, 0) is 11.3 Å². The van der Waals surface area contributed by atoms with Crippen molar-refractivity contribution in [1.29, 1.82) is 0 Å². The van der Waals surface area contributed by atoms with E-state index < -0.39 is 11.7 Å². The maximum atomic E-state index is 11.7. The highest BCUT2D eigenvalue weighted by Gasteiger charge is 2.15. The number of rotatable bonds is 4. The number of carbonyl (C=O) groups excluding carboxylic acids is 1. The van der Waals surface area contributed by atoms with Crippen molar-refractivity contribution < 1.29 is 9.53 Å². The van der Waals surface area contributed by atoms with E-state index >= 15 is 0 Å². The summed E-state index contributed by atoms with van der Waals surface area (Å²) in [4.78, 5) is 19.4. The summed E-state index contributed by atoms with van der Waals surface area (Å²) in [5, 5.41) is 5.98. The van der Waals surface area contributed by atoms with Gasteiger partial charge in [-0.25, -0.2) is 9.78 Å². The Morgan fingerprint density at radius 3 is 2.52 bits per heavy atom. The quantitative estimate of drug-likeness (QED) is 0.661. The summed E-state index contributed by atoms with van der Waals surface area (Å²) in [7, 11) is 0. The summed E-state index contributed by atoms with van der Waals surface area (Å²) in [5.74, 6) is 0.695. The Bertz CT molecular complexity index is 830. The molecule has 3 N–H and O–H groups in total. The van der Waals surface area contributed by atoms with Gasteiger partial charge in [-0.1, -0.05) is 24.3 Å². The number of anilines is 2. The number of nitrogens with one attached hydrogen (secondary N) is 3. The Morgan fingerprint density at radius 2 is 1.84 bits per heavy atom. The van der Waals surface area contributed by atoms with Crippen LogP contribution in [0.2, 0.25) is 0 Å². The molecule has 130 valence electrons. The van der Waals surface area contributed by atoms with E-state index in [9.17, 15) is 4.79 Å². The van der Waals surface area contributed by atoms with Crippen molar-refractivity contribution in [2.24, 2.45) is 0 Å². The van der Waals surface area contributed by atoms with Crippen molar-refractivity contribution in [3.8, 4) is 0 Å². The minimum absolute atomic E-state index is 0.416. The zero-order chi connectivity index (χ0) is 17.9. The van der Waals surface area contributed by atoms with E-state index in [1.54, 1.807) is 0 Å². The summed E-state index contributed by atoms with van der Waals surface area (Å²) < 4.78 is 5.22. The fourth-order valence-electron chi connectivity index (χ4n) is 2.34. The maximum absolute atomic E-state index is 11.7. The monoisotopic (exact) mass is 338 g/mol. The summed E-state index contributed by atoms with van der Waals surface area (Å²) >= 11 is 0. The maximum Gasteiger partial charge on any atom is 0.407 e. The molecule has 3 aromatic rings. The highest BCUT2D eigenvalue weighted by atomic mass is 16.6. The number of para-hydroxylation sites is 2. The fraction of sp³-hybridized carbons (Fsp3) is 0.263. The molecular formula is C19H22N4O2. The molecule has 0 atom stereocenters. The van der Waals surface area contributed by atoms with E-state index in [2.05, 4.69) is 20.6 Å². The molecule has 1 aromatic heterocycles. The molecule has 0 spiro atoms. The lowest BCUT2D eigenvalue weighted by Gasteiger charge is -2.19. The SMILES string of the molecule is CC(C)(C)OC(=O)NCc1ccc(Nc2nc3ccccc3[nH]2)cc1. The number of hydrogen-bond acceptors (Lipinski definition) is 4. The molecule has 1 amide bonds. The Labute approximate surface area is 146 Å². The van der Waals surface area contributed by atoms with E-state index in [0.29, 0.717) is 12.5 Å². The van der Waals surface area contributed by atoms with E-state index in [1.807, 2.05) is 69.3 Å². The van der Waals surface area contributed by atoms with Crippen LogP contribution in [0, 0.1) is 0 Å². The molecule has 3 rings (SSSR count). The average molecular weight is 338 g/mol. The molecule has 0 radical (unpaired) electrons. The minimum atomic E-state index is -0.496. The van der Waals surface area contributed by atoms with Gasteiger partial charge in [0.2, 0.25) is 5.95 Å². The van der Waals surface area contributed by atoms with Crippen LogP contribution in [0.25, 0.3) is 11.0 Å². The molecule has 0 saturated carbocycles. The van der Waals surface area contributed by atoms with Crippen molar-refractivity contribution in [1.82, 2.24) is 15.3 Å². The van der Waals surface area contributed by atoms with Gasteiger partial charge in [0.15, 0.2) is 0 Å². The average Bonchev–Trinajstić information content (AvgIpc) is 2.95. The number of carbonyl (C=O) groups is 1. The van der Waals surface area contributed by atoms with Gasteiger partial charge in [-0.3, -0.25) is 0 Å². The predicted molar refractivity (Wildman–Crippen MR) is 98.9 cm³/mol. The third kappa shape index (κ3) is 4.73. The van der Waals surface area contributed by atoms with Gasteiger partial charge >= 0.3 is 6.09 Å². The Hall–Kier alpha value is -3.02. The Morgan fingerprint density at radius 1 is 1.12 bits per heavy atom. The Balaban J connectivity index is 1.57. The molecule has 6 heteroatoms. The highest BCUT2D eigenvalue weighted by Crippen LogP contribution is 2.18. The number of aromatic nitrogens is 2. The molecule has 0 saturated heterocycles. The van der Waals surface area contributed by atoms with Crippen LogP contribution in [0.1, 0.15) is 26.3 Å². The third-order valence-electron chi connectivity index (χ3n) is 3.44. The third-order valence-corrected chi connectivity index (χ3v) is 3.44. The van der Waals surface area contributed by atoms with Crippen LogP contribution in [0.4, 0.5) is 16.4 Å². The van der Waals surface area contributed by atoms with Crippen molar-refractivity contribution in [2.75, 3.05) is 5.32 Å². The lowest BCUT2D eigenvalue weighted by Crippen LogP contribution is -2.32. The zero-order valence-corrected chi connectivity index (χ0v) is 14.6. The zero-order valence-electron chi connectivity index (χ0n) is 14.6. The van der Waals surface area contributed by atoms with Gasteiger partial charge in [-0.15, -0.1) is 0 Å². The predicted octanol–water partition coefficient (Wildman–Crippen LogP) is 4.33. The van der Waals surface area contributed by atoms with E-state index in [-0.39, 0.29) is 0 Å². The van der Waals surface area contributed by atoms with Gasteiger partial charge in [0.25, 0.3) is 0 Å². The Kier molecular flexibility index (Phi) is 4.61.